The molecule has 0 aliphatic rings. The first-order valence-corrected chi connectivity index (χ1v) is 7.26. The predicted molar refractivity (Wildman–Crippen MR) is 82.3 cm³/mol. The fourth-order valence-corrected chi connectivity index (χ4v) is 2.31. The number of carboxylic acid groups (broad SMARTS) is 1. The molecule has 6 heteroatoms. The van der Waals surface area contributed by atoms with Crippen LogP contribution in [-0.4, -0.2) is 35.1 Å². The van der Waals surface area contributed by atoms with Gasteiger partial charge in [-0.05, 0) is 47.0 Å². The molecular weight excluding hydrogens is 324 g/mol. The molecular formula is C14H19BrN2O3. The Labute approximate surface area is 127 Å². The highest BCUT2D eigenvalue weighted by molar-refractivity contribution is 9.10. The molecule has 0 radical (unpaired) electrons. The van der Waals surface area contributed by atoms with Crippen molar-refractivity contribution in [2.24, 2.45) is 0 Å². The second-order valence-corrected chi connectivity index (χ2v) is 5.37. The van der Waals surface area contributed by atoms with Gasteiger partial charge in [0, 0.05) is 17.6 Å². The second kappa shape index (κ2) is 7.28. The number of halogens is 1. The quantitative estimate of drug-likeness (QED) is 0.854. The van der Waals surface area contributed by atoms with Gasteiger partial charge in [-0.3, -0.25) is 0 Å². The summed E-state index contributed by atoms with van der Waals surface area (Å²) < 4.78 is 0.647. The Morgan fingerprint density at radius 1 is 1.35 bits per heavy atom. The summed E-state index contributed by atoms with van der Waals surface area (Å²) in [6.45, 7) is 4.05. The van der Waals surface area contributed by atoms with Crippen LogP contribution >= 0.6 is 15.9 Å². The van der Waals surface area contributed by atoms with E-state index in [4.69, 9.17) is 5.11 Å². The monoisotopic (exact) mass is 342 g/mol. The van der Waals surface area contributed by atoms with Crippen molar-refractivity contribution in [2.75, 3.05) is 12.4 Å². The SMILES string of the molecule is CCC(CC)N(C)C(=O)Nc1cc(C(=O)O)ccc1Br. The number of amides is 2. The van der Waals surface area contributed by atoms with Gasteiger partial charge < -0.3 is 15.3 Å². The number of aromatic carboxylic acids is 1. The molecule has 5 nitrogen and oxygen atoms in total. The van der Waals surface area contributed by atoms with Gasteiger partial charge >= 0.3 is 12.0 Å². The molecule has 0 unspecified atom stereocenters. The van der Waals surface area contributed by atoms with Gasteiger partial charge in [-0.1, -0.05) is 13.8 Å². The maximum Gasteiger partial charge on any atom is 0.335 e. The van der Waals surface area contributed by atoms with Gasteiger partial charge in [-0.15, -0.1) is 0 Å². The van der Waals surface area contributed by atoms with Crippen LogP contribution in [0, 0.1) is 0 Å². The summed E-state index contributed by atoms with van der Waals surface area (Å²) in [5, 5.41) is 11.7. The average molecular weight is 343 g/mol. The lowest BCUT2D eigenvalue weighted by molar-refractivity contribution is 0.0697. The van der Waals surface area contributed by atoms with Crippen molar-refractivity contribution in [3.63, 3.8) is 0 Å². The van der Waals surface area contributed by atoms with Gasteiger partial charge in [-0.2, -0.15) is 0 Å². The number of carbonyl (C=O) groups is 2. The third-order valence-corrected chi connectivity index (χ3v) is 3.96. The van der Waals surface area contributed by atoms with Crippen molar-refractivity contribution in [3.8, 4) is 0 Å². The highest BCUT2D eigenvalue weighted by Crippen LogP contribution is 2.24. The molecule has 20 heavy (non-hydrogen) atoms. The standard InChI is InChI=1S/C14H19BrN2O3/c1-4-10(5-2)17(3)14(20)16-12-8-9(13(18)19)6-7-11(12)15/h6-8,10H,4-5H2,1-3H3,(H,16,20)(H,18,19). The summed E-state index contributed by atoms with van der Waals surface area (Å²) in [5.41, 5.74) is 0.585. The predicted octanol–water partition coefficient (Wildman–Crippen LogP) is 3.80. The van der Waals surface area contributed by atoms with Gasteiger partial charge in [0.05, 0.1) is 11.3 Å². The van der Waals surface area contributed by atoms with Crippen LogP contribution in [-0.2, 0) is 0 Å². The van der Waals surface area contributed by atoms with Crippen LogP contribution in [0.5, 0.6) is 0 Å². The van der Waals surface area contributed by atoms with Crippen LogP contribution in [0.15, 0.2) is 22.7 Å². The number of nitrogens with zero attached hydrogens (tertiary/aromatic N) is 1. The van der Waals surface area contributed by atoms with Gasteiger partial charge in [0.25, 0.3) is 0 Å². The zero-order valence-corrected chi connectivity index (χ0v) is 13.4. The Kier molecular flexibility index (Phi) is 6.01. The Hall–Kier alpha value is -1.56. The van der Waals surface area contributed by atoms with Crippen LogP contribution in [0.4, 0.5) is 10.5 Å². The Morgan fingerprint density at radius 2 is 1.95 bits per heavy atom. The molecule has 0 atom stereocenters. The second-order valence-electron chi connectivity index (χ2n) is 4.51. The summed E-state index contributed by atoms with van der Waals surface area (Å²) in [5.74, 6) is -1.03. The summed E-state index contributed by atoms with van der Waals surface area (Å²) in [6, 6.07) is 4.44. The van der Waals surface area contributed by atoms with E-state index in [1.54, 1.807) is 18.0 Å². The van der Waals surface area contributed by atoms with Crippen molar-refractivity contribution >= 4 is 33.6 Å². The number of benzene rings is 1. The van der Waals surface area contributed by atoms with E-state index in [1.165, 1.54) is 12.1 Å². The van der Waals surface area contributed by atoms with E-state index in [2.05, 4.69) is 21.2 Å². The van der Waals surface area contributed by atoms with E-state index in [9.17, 15) is 9.59 Å². The Morgan fingerprint density at radius 3 is 2.45 bits per heavy atom. The molecule has 0 spiro atoms. The molecule has 1 rings (SSSR count). The van der Waals surface area contributed by atoms with Crippen LogP contribution < -0.4 is 5.32 Å². The fourth-order valence-electron chi connectivity index (χ4n) is 1.96. The number of hydrogen-bond acceptors (Lipinski definition) is 2. The molecule has 0 aliphatic carbocycles. The van der Waals surface area contributed by atoms with Crippen molar-refractivity contribution in [3.05, 3.63) is 28.2 Å². The first kappa shape index (κ1) is 16.5. The van der Waals surface area contributed by atoms with E-state index >= 15 is 0 Å². The zero-order valence-electron chi connectivity index (χ0n) is 11.8. The lowest BCUT2D eigenvalue weighted by Gasteiger charge is -2.26. The molecule has 2 N–H and O–H groups in total. The van der Waals surface area contributed by atoms with Crippen molar-refractivity contribution < 1.29 is 14.7 Å². The number of anilines is 1. The molecule has 110 valence electrons. The molecule has 0 aromatic heterocycles. The fraction of sp³-hybridized carbons (Fsp3) is 0.429. The minimum atomic E-state index is -1.03. The highest BCUT2D eigenvalue weighted by atomic mass is 79.9. The Balaban J connectivity index is 2.90. The number of carbonyl (C=O) groups excluding carboxylic acids is 1. The maximum absolute atomic E-state index is 12.2. The van der Waals surface area contributed by atoms with Crippen LogP contribution in [0.25, 0.3) is 0 Å². The van der Waals surface area contributed by atoms with Crippen LogP contribution in [0.3, 0.4) is 0 Å². The molecule has 1 aromatic rings. The van der Waals surface area contributed by atoms with Crippen molar-refractivity contribution in [1.29, 1.82) is 0 Å². The topological polar surface area (TPSA) is 69.6 Å². The highest BCUT2D eigenvalue weighted by Gasteiger charge is 2.18. The third kappa shape index (κ3) is 3.96. The summed E-state index contributed by atoms with van der Waals surface area (Å²) >= 11 is 3.30. The molecule has 0 bridgehead atoms. The number of nitrogens with one attached hydrogen (secondary N) is 1. The first-order chi connectivity index (χ1) is 9.40. The molecule has 0 saturated heterocycles. The summed E-state index contributed by atoms with van der Waals surface area (Å²) in [6.07, 6.45) is 1.74. The van der Waals surface area contributed by atoms with Gasteiger partial charge in [0.1, 0.15) is 0 Å². The normalized spacial score (nSPS) is 10.4. The number of rotatable bonds is 5. The molecule has 0 heterocycles. The lowest BCUT2D eigenvalue weighted by Crippen LogP contribution is -2.39. The first-order valence-electron chi connectivity index (χ1n) is 6.47. The molecule has 0 saturated carbocycles. The lowest BCUT2D eigenvalue weighted by atomic mass is 10.1. The molecule has 2 amide bonds. The van der Waals surface area contributed by atoms with Crippen molar-refractivity contribution in [1.82, 2.24) is 4.90 Å². The number of hydrogen-bond donors (Lipinski definition) is 2. The van der Waals surface area contributed by atoms with Crippen LogP contribution in [0.2, 0.25) is 0 Å². The van der Waals surface area contributed by atoms with E-state index in [0.29, 0.717) is 10.2 Å². The summed E-state index contributed by atoms with van der Waals surface area (Å²) in [4.78, 5) is 24.7. The Bertz CT molecular complexity index is 501. The van der Waals surface area contributed by atoms with E-state index in [0.717, 1.165) is 12.8 Å². The summed E-state index contributed by atoms with van der Waals surface area (Å²) in [7, 11) is 1.74. The van der Waals surface area contributed by atoms with Crippen LogP contribution in [0.1, 0.15) is 37.0 Å². The maximum atomic E-state index is 12.2. The van der Waals surface area contributed by atoms with E-state index < -0.39 is 5.97 Å². The number of urea groups is 1. The average Bonchev–Trinajstić information content (AvgIpc) is 2.42. The largest absolute Gasteiger partial charge is 0.478 e. The van der Waals surface area contributed by atoms with E-state index in [-0.39, 0.29) is 17.6 Å². The van der Waals surface area contributed by atoms with Crippen molar-refractivity contribution in [2.45, 2.75) is 32.7 Å². The minimum absolute atomic E-state index is 0.133. The van der Waals surface area contributed by atoms with E-state index in [1.807, 2.05) is 13.8 Å². The van der Waals surface area contributed by atoms with Gasteiger partial charge in [-0.25, -0.2) is 9.59 Å². The minimum Gasteiger partial charge on any atom is -0.478 e. The third-order valence-electron chi connectivity index (χ3n) is 3.27. The van der Waals surface area contributed by atoms with Gasteiger partial charge in [0.15, 0.2) is 0 Å². The van der Waals surface area contributed by atoms with Gasteiger partial charge in [0.2, 0.25) is 0 Å². The molecule has 0 aliphatic heterocycles. The smallest absolute Gasteiger partial charge is 0.335 e. The molecule has 0 fully saturated rings. The molecule has 1 aromatic carbocycles. The zero-order chi connectivity index (χ0) is 15.3. The number of carboxylic acids is 1.